The maximum absolute atomic E-state index is 11.7. The second-order valence-corrected chi connectivity index (χ2v) is 4.82. The van der Waals surface area contributed by atoms with Crippen molar-refractivity contribution in [3.05, 3.63) is 62.6 Å². The maximum Gasteiger partial charge on any atom is 0.341 e. The molecule has 6 nitrogen and oxygen atoms in total. The van der Waals surface area contributed by atoms with E-state index in [4.69, 9.17) is 4.74 Å². The summed E-state index contributed by atoms with van der Waals surface area (Å²) in [5.74, 6) is -0.141. The smallest absolute Gasteiger partial charge is 0.341 e. The molecule has 0 spiro atoms. The summed E-state index contributed by atoms with van der Waals surface area (Å²) in [7, 11) is 1.23. The minimum absolute atomic E-state index is 0.0583. The number of rotatable bonds is 4. The van der Waals surface area contributed by atoms with Crippen LogP contribution in [0.1, 0.15) is 10.4 Å². The summed E-state index contributed by atoms with van der Waals surface area (Å²) in [5, 5.41) is 10.8. The number of nitrogens with zero attached hydrogens (tertiary/aromatic N) is 1. The van der Waals surface area contributed by atoms with Gasteiger partial charge in [-0.3, -0.25) is 10.1 Å². The van der Waals surface area contributed by atoms with E-state index in [0.29, 0.717) is 10.2 Å². The van der Waals surface area contributed by atoms with E-state index in [1.54, 1.807) is 24.3 Å². The Labute approximate surface area is 128 Å². The number of hydrogen-bond acceptors (Lipinski definition) is 5. The molecule has 108 valence electrons. The number of carbonyl (C=O) groups excluding carboxylic acids is 1. The minimum Gasteiger partial charge on any atom is -0.465 e. The van der Waals surface area contributed by atoms with Crippen LogP contribution in [0.25, 0.3) is 0 Å². The van der Waals surface area contributed by atoms with E-state index in [9.17, 15) is 14.9 Å². The molecule has 0 saturated heterocycles. The highest BCUT2D eigenvalue weighted by Crippen LogP contribution is 2.33. The summed E-state index contributed by atoms with van der Waals surface area (Å²) >= 11 is 3.30. The number of halogens is 1. The van der Waals surface area contributed by atoms with Gasteiger partial charge in [0.1, 0.15) is 17.1 Å². The SMILES string of the molecule is COC(=O)c1ccc([N+](=O)[O-])cc1Oc1ccccc1Br. The summed E-state index contributed by atoms with van der Waals surface area (Å²) in [4.78, 5) is 22.0. The van der Waals surface area contributed by atoms with Crippen molar-refractivity contribution in [3.63, 3.8) is 0 Å². The number of benzene rings is 2. The quantitative estimate of drug-likeness (QED) is 0.473. The van der Waals surface area contributed by atoms with Gasteiger partial charge in [0.2, 0.25) is 0 Å². The highest BCUT2D eigenvalue weighted by Gasteiger charge is 2.19. The molecular weight excluding hydrogens is 342 g/mol. The molecule has 7 heteroatoms. The Morgan fingerprint density at radius 2 is 1.90 bits per heavy atom. The lowest BCUT2D eigenvalue weighted by Gasteiger charge is -2.11. The number of methoxy groups -OCH3 is 1. The molecule has 0 aliphatic rings. The summed E-state index contributed by atoms with van der Waals surface area (Å²) in [6.45, 7) is 0. The van der Waals surface area contributed by atoms with E-state index in [1.807, 2.05) is 0 Å². The van der Waals surface area contributed by atoms with Gasteiger partial charge in [0, 0.05) is 6.07 Å². The van der Waals surface area contributed by atoms with Crippen molar-refractivity contribution in [1.29, 1.82) is 0 Å². The van der Waals surface area contributed by atoms with Crippen molar-refractivity contribution in [2.24, 2.45) is 0 Å². The molecule has 0 unspecified atom stereocenters. The molecule has 21 heavy (non-hydrogen) atoms. The molecule has 0 atom stereocenters. The molecule has 2 aromatic rings. The first-order chi connectivity index (χ1) is 10.0. The van der Waals surface area contributed by atoms with Crippen LogP contribution in [0.3, 0.4) is 0 Å². The third-order valence-electron chi connectivity index (χ3n) is 2.64. The van der Waals surface area contributed by atoms with E-state index >= 15 is 0 Å². The number of hydrogen-bond donors (Lipinski definition) is 0. The Hall–Kier alpha value is -2.41. The van der Waals surface area contributed by atoms with E-state index in [-0.39, 0.29) is 17.0 Å². The molecule has 0 aliphatic carbocycles. The highest BCUT2D eigenvalue weighted by molar-refractivity contribution is 9.10. The second-order valence-electron chi connectivity index (χ2n) is 3.96. The lowest BCUT2D eigenvalue weighted by atomic mass is 10.2. The Bertz CT molecular complexity index is 702. The topological polar surface area (TPSA) is 78.7 Å². The molecule has 0 N–H and O–H groups in total. The van der Waals surface area contributed by atoms with Gasteiger partial charge in [-0.05, 0) is 34.1 Å². The monoisotopic (exact) mass is 351 g/mol. The Kier molecular flexibility index (Phi) is 4.54. The molecule has 0 radical (unpaired) electrons. The van der Waals surface area contributed by atoms with Gasteiger partial charge in [-0.2, -0.15) is 0 Å². The molecule has 0 fully saturated rings. The van der Waals surface area contributed by atoms with Crippen molar-refractivity contribution in [2.75, 3.05) is 7.11 Å². The maximum atomic E-state index is 11.7. The van der Waals surface area contributed by atoms with E-state index < -0.39 is 10.9 Å². The first-order valence-corrected chi connectivity index (χ1v) is 6.61. The summed E-state index contributed by atoms with van der Waals surface area (Å²) < 4.78 is 10.9. The van der Waals surface area contributed by atoms with Crippen molar-refractivity contribution in [2.45, 2.75) is 0 Å². The van der Waals surface area contributed by atoms with Crippen molar-refractivity contribution in [3.8, 4) is 11.5 Å². The molecule has 2 rings (SSSR count). The molecule has 0 amide bonds. The standard InChI is InChI=1S/C14H10BrNO5/c1-20-14(17)10-7-6-9(16(18)19)8-13(10)21-12-5-3-2-4-11(12)15/h2-8H,1H3. The number of nitro benzene ring substituents is 1. The largest absolute Gasteiger partial charge is 0.465 e. The number of esters is 1. The lowest BCUT2D eigenvalue weighted by Crippen LogP contribution is -2.04. The van der Waals surface area contributed by atoms with Gasteiger partial charge in [0.25, 0.3) is 5.69 Å². The van der Waals surface area contributed by atoms with Crippen LogP contribution in [0, 0.1) is 10.1 Å². The average Bonchev–Trinajstić information content (AvgIpc) is 2.48. The Morgan fingerprint density at radius 3 is 2.52 bits per heavy atom. The van der Waals surface area contributed by atoms with Crippen molar-refractivity contribution >= 4 is 27.6 Å². The molecule has 2 aromatic carbocycles. The van der Waals surface area contributed by atoms with Crippen molar-refractivity contribution < 1.29 is 19.2 Å². The fourth-order valence-corrected chi connectivity index (χ4v) is 2.00. The van der Waals surface area contributed by atoms with Gasteiger partial charge < -0.3 is 9.47 Å². The fourth-order valence-electron chi connectivity index (χ4n) is 1.63. The van der Waals surface area contributed by atoms with Gasteiger partial charge >= 0.3 is 5.97 Å². The normalized spacial score (nSPS) is 10.0. The predicted molar refractivity (Wildman–Crippen MR) is 78.7 cm³/mol. The predicted octanol–water partition coefficient (Wildman–Crippen LogP) is 3.94. The number of carbonyl (C=O) groups is 1. The van der Waals surface area contributed by atoms with Crippen LogP contribution < -0.4 is 4.74 Å². The Balaban J connectivity index is 2.48. The van der Waals surface area contributed by atoms with Crippen LogP contribution in [-0.4, -0.2) is 18.0 Å². The molecule has 0 saturated carbocycles. The molecule has 0 bridgehead atoms. The van der Waals surface area contributed by atoms with Crippen LogP contribution in [-0.2, 0) is 4.74 Å². The second kappa shape index (κ2) is 6.36. The van der Waals surface area contributed by atoms with Crippen molar-refractivity contribution in [1.82, 2.24) is 0 Å². The molecule has 0 aliphatic heterocycles. The van der Waals surface area contributed by atoms with Crippen LogP contribution in [0.5, 0.6) is 11.5 Å². The van der Waals surface area contributed by atoms with Crippen LogP contribution in [0.2, 0.25) is 0 Å². The van der Waals surface area contributed by atoms with Crippen LogP contribution in [0.4, 0.5) is 5.69 Å². The van der Waals surface area contributed by atoms with E-state index in [0.717, 1.165) is 0 Å². The summed E-state index contributed by atoms with van der Waals surface area (Å²) in [6.07, 6.45) is 0. The molecular formula is C14H10BrNO5. The van der Waals surface area contributed by atoms with E-state index in [1.165, 1.54) is 25.3 Å². The van der Waals surface area contributed by atoms with Crippen LogP contribution >= 0.6 is 15.9 Å². The van der Waals surface area contributed by atoms with E-state index in [2.05, 4.69) is 20.7 Å². The Morgan fingerprint density at radius 1 is 1.19 bits per heavy atom. The lowest BCUT2D eigenvalue weighted by molar-refractivity contribution is -0.384. The number of para-hydroxylation sites is 1. The van der Waals surface area contributed by atoms with Gasteiger partial charge in [-0.25, -0.2) is 4.79 Å². The zero-order chi connectivity index (χ0) is 15.4. The highest BCUT2D eigenvalue weighted by atomic mass is 79.9. The third kappa shape index (κ3) is 3.38. The summed E-state index contributed by atoms with van der Waals surface area (Å²) in [6, 6.07) is 10.7. The van der Waals surface area contributed by atoms with Crippen LogP contribution in [0.15, 0.2) is 46.9 Å². The fraction of sp³-hybridized carbons (Fsp3) is 0.0714. The zero-order valence-corrected chi connectivity index (χ0v) is 12.5. The van der Waals surface area contributed by atoms with Gasteiger partial charge in [-0.1, -0.05) is 12.1 Å². The molecule has 0 aromatic heterocycles. The van der Waals surface area contributed by atoms with Gasteiger partial charge in [0.15, 0.2) is 0 Å². The molecule has 0 heterocycles. The zero-order valence-electron chi connectivity index (χ0n) is 10.9. The van der Waals surface area contributed by atoms with Gasteiger partial charge in [0.05, 0.1) is 22.6 Å². The first-order valence-electron chi connectivity index (χ1n) is 5.82. The van der Waals surface area contributed by atoms with Gasteiger partial charge in [-0.15, -0.1) is 0 Å². The number of non-ortho nitro benzene ring substituents is 1. The summed E-state index contributed by atoms with van der Waals surface area (Å²) in [5.41, 5.74) is -0.0661. The third-order valence-corrected chi connectivity index (χ3v) is 3.29. The first kappa shape index (κ1) is 15.0. The minimum atomic E-state index is -0.632. The number of ether oxygens (including phenoxy) is 2. The average molecular weight is 352 g/mol. The number of nitro groups is 1.